The second kappa shape index (κ2) is 3.32. The van der Waals surface area contributed by atoms with Crippen LogP contribution in [0, 0.1) is 5.82 Å². The first-order valence-electron chi connectivity index (χ1n) is 3.37. The highest BCUT2D eigenvalue weighted by atomic mass is 19.1. The van der Waals surface area contributed by atoms with E-state index in [0.717, 1.165) is 6.07 Å². The topological polar surface area (TPSA) is 63.3 Å². The van der Waals surface area contributed by atoms with Crippen LogP contribution in [0.1, 0.15) is 10.4 Å². The van der Waals surface area contributed by atoms with Crippen LogP contribution in [-0.4, -0.2) is 17.4 Å². The molecule has 0 atom stereocenters. The lowest BCUT2D eigenvalue weighted by Crippen LogP contribution is -2.15. The van der Waals surface area contributed by atoms with Crippen molar-refractivity contribution in [1.29, 1.82) is 0 Å². The molecule has 0 saturated carbocycles. The molecule has 0 aliphatic rings. The van der Waals surface area contributed by atoms with Gasteiger partial charge in [-0.3, -0.25) is 4.79 Å². The minimum Gasteiger partial charge on any atom is -0.507 e. The number of ketones is 1. The molecule has 1 rings (SSSR count). The monoisotopic (exact) mass is 169 g/mol. The van der Waals surface area contributed by atoms with Crippen molar-refractivity contribution in [1.82, 2.24) is 0 Å². The minimum absolute atomic E-state index is 0.311. The molecule has 4 heteroatoms. The molecule has 0 fully saturated rings. The number of aromatic hydroxyl groups is 1. The van der Waals surface area contributed by atoms with Gasteiger partial charge in [0.2, 0.25) is 0 Å². The average Bonchev–Trinajstić information content (AvgIpc) is 2.03. The van der Waals surface area contributed by atoms with Crippen LogP contribution in [0.15, 0.2) is 18.2 Å². The Labute approximate surface area is 68.6 Å². The molecule has 0 aliphatic carbocycles. The molecule has 0 amide bonds. The lowest BCUT2D eigenvalue weighted by molar-refractivity contribution is 0.0995. The zero-order chi connectivity index (χ0) is 9.14. The first kappa shape index (κ1) is 8.67. The Morgan fingerprint density at radius 2 is 2.25 bits per heavy atom. The lowest BCUT2D eigenvalue weighted by atomic mass is 10.1. The molecular formula is C8H8FNO2. The third-order valence-corrected chi connectivity index (χ3v) is 1.46. The van der Waals surface area contributed by atoms with E-state index < -0.39 is 11.6 Å². The summed E-state index contributed by atoms with van der Waals surface area (Å²) in [6.45, 7) is -0.311. The van der Waals surface area contributed by atoms with Gasteiger partial charge in [-0.25, -0.2) is 4.39 Å². The molecule has 3 N–H and O–H groups in total. The molecule has 0 saturated heterocycles. The van der Waals surface area contributed by atoms with Crippen molar-refractivity contribution in [2.24, 2.45) is 5.73 Å². The standard InChI is InChI=1S/C8H8FNO2/c9-5-2-1-3-6(11)8(5)7(12)4-10/h1-3,11H,4,10H2. The summed E-state index contributed by atoms with van der Waals surface area (Å²) in [5.41, 5.74) is 4.68. The Morgan fingerprint density at radius 3 is 2.75 bits per heavy atom. The van der Waals surface area contributed by atoms with Gasteiger partial charge in [-0.05, 0) is 12.1 Å². The van der Waals surface area contributed by atoms with Crippen molar-refractivity contribution in [2.75, 3.05) is 6.54 Å². The number of phenolic OH excluding ortho intramolecular Hbond substituents is 1. The predicted octanol–water partition coefficient (Wildman–Crippen LogP) is 0.673. The van der Waals surface area contributed by atoms with Gasteiger partial charge in [0.15, 0.2) is 5.78 Å². The number of Topliss-reactive ketones (excluding diaryl/α,β-unsaturated/α-hetero) is 1. The van der Waals surface area contributed by atoms with Crippen LogP contribution in [0.2, 0.25) is 0 Å². The highest BCUT2D eigenvalue weighted by Crippen LogP contribution is 2.19. The van der Waals surface area contributed by atoms with Gasteiger partial charge in [0, 0.05) is 0 Å². The van der Waals surface area contributed by atoms with E-state index in [4.69, 9.17) is 10.8 Å². The fourth-order valence-electron chi connectivity index (χ4n) is 0.891. The zero-order valence-electron chi connectivity index (χ0n) is 6.25. The van der Waals surface area contributed by atoms with E-state index in [0.29, 0.717) is 0 Å². The molecule has 3 nitrogen and oxygen atoms in total. The number of carbonyl (C=O) groups excluding carboxylic acids is 1. The number of rotatable bonds is 2. The summed E-state index contributed by atoms with van der Waals surface area (Å²) >= 11 is 0. The Kier molecular flexibility index (Phi) is 2.40. The smallest absolute Gasteiger partial charge is 0.183 e. The van der Waals surface area contributed by atoms with Crippen LogP contribution in [0.5, 0.6) is 5.75 Å². The minimum atomic E-state index is -0.745. The van der Waals surface area contributed by atoms with Crippen LogP contribution in [0.4, 0.5) is 4.39 Å². The second-order valence-corrected chi connectivity index (χ2v) is 2.26. The fraction of sp³-hybridized carbons (Fsp3) is 0.125. The molecule has 0 unspecified atom stereocenters. The average molecular weight is 169 g/mol. The van der Waals surface area contributed by atoms with Gasteiger partial charge in [-0.1, -0.05) is 6.07 Å². The van der Waals surface area contributed by atoms with E-state index in [1.807, 2.05) is 0 Å². The van der Waals surface area contributed by atoms with Gasteiger partial charge >= 0.3 is 0 Å². The van der Waals surface area contributed by atoms with Gasteiger partial charge in [-0.2, -0.15) is 0 Å². The molecule has 12 heavy (non-hydrogen) atoms. The predicted molar refractivity (Wildman–Crippen MR) is 41.4 cm³/mol. The Bertz CT molecular complexity index is 292. The van der Waals surface area contributed by atoms with E-state index in [1.54, 1.807) is 0 Å². The Morgan fingerprint density at radius 1 is 1.58 bits per heavy atom. The quantitative estimate of drug-likeness (QED) is 0.639. The molecular weight excluding hydrogens is 161 g/mol. The normalized spacial score (nSPS) is 9.83. The maximum atomic E-state index is 12.9. The Hall–Kier alpha value is -1.42. The van der Waals surface area contributed by atoms with E-state index in [1.165, 1.54) is 12.1 Å². The van der Waals surface area contributed by atoms with E-state index in [-0.39, 0.29) is 17.9 Å². The Balaban J connectivity index is 3.21. The lowest BCUT2D eigenvalue weighted by Gasteiger charge is -2.01. The second-order valence-electron chi connectivity index (χ2n) is 2.26. The molecule has 0 radical (unpaired) electrons. The maximum Gasteiger partial charge on any atom is 0.183 e. The number of halogens is 1. The van der Waals surface area contributed by atoms with Crippen LogP contribution in [-0.2, 0) is 0 Å². The van der Waals surface area contributed by atoms with Crippen LogP contribution >= 0.6 is 0 Å². The van der Waals surface area contributed by atoms with Crippen molar-refractivity contribution >= 4 is 5.78 Å². The van der Waals surface area contributed by atoms with Gasteiger partial charge in [0.1, 0.15) is 11.6 Å². The number of phenols is 1. The summed E-state index contributed by atoms with van der Waals surface area (Å²) in [6, 6.07) is 3.66. The van der Waals surface area contributed by atoms with E-state index in [9.17, 15) is 9.18 Å². The molecule has 0 bridgehead atoms. The van der Waals surface area contributed by atoms with Crippen molar-refractivity contribution < 1.29 is 14.3 Å². The molecule has 1 aromatic rings. The summed E-state index contributed by atoms with van der Waals surface area (Å²) in [5.74, 6) is -1.72. The molecule has 0 aromatic heterocycles. The SMILES string of the molecule is NCC(=O)c1c(O)cccc1F. The molecule has 1 aromatic carbocycles. The van der Waals surface area contributed by atoms with Crippen molar-refractivity contribution in [3.8, 4) is 5.75 Å². The van der Waals surface area contributed by atoms with Crippen molar-refractivity contribution in [3.05, 3.63) is 29.6 Å². The summed E-state index contributed by atoms with van der Waals surface area (Å²) in [7, 11) is 0. The maximum absolute atomic E-state index is 12.9. The molecule has 0 heterocycles. The third kappa shape index (κ3) is 1.43. The summed E-state index contributed by atoms with van der Waals surface area (Å²) in [5, 5.41) is 9.08. The van der Waals surface area contributed by atoms with Crippen molar-refractivity contribution in [2.45, 2.75) is 0 Å². The van der Waals surface area contributed by atoms with E-state index >= 15 is 0 Å². The molecule has 64 valence electrons. The van der Waals surface area contributed by atoms with E-state index in [2.05, 4.69) is 0 Å². The van der Waals surface area contributed by atoms with Crippen LogP contribution in [0.25, 0.3) is 0 Å². The van der Waals surface area contributed by atoms with Gasteiger partial charge in [0.25, 0.3) is 0 Å². The number of hydrogen-bond donors (Lipinski definition) is 2. The summed E-state index contributed by atoms with van der Waals surface area (Å²) < 4.78 is 12.9. The van der Waals surface area contributed by atoms with Gasteiger partial charge < -0.3 is 10.8 Å². The van der Waals surface area contributed by atoms with Crippen molar-refractivity contribution in [3.63, 3.8) is 0 Å². The third-order valence-electron chi connectivity index (χ3n) is 1.46. The van der Waals surface area contributed by atoms with Gasteiger partial charge in [0.05, 0.1) is 12.1 Å². The largest absolute Gasteiger partial charge is 0.507 e. The fourth-order valence-corrected chi connectivity index (χ4v) is 0.891. The number of nitrogens with two attached hydrogens (primary N) is 1. The zero-order valence-corrected chi connectivity index (χ0v) is 6.25. The summed E-state index contributed by atoms with van der Waals surface area (Å²) in [4.78, 5) is 10.9. The summed E-state index contributed by atoms with van der Waals surface area (Å²) in [6.07, 6.45) is 0. The highest BCUT2D eigenvalue weighted by molar-refractivity contribution is 6.00. The number of hydrogen-bond acceptors (Lipinski definition) is 3. The molecule has 0 spiro atoms. The highest BCUT2D eigenvalue weighted by Gasteiger charge is 2.13. The first-order chi connectivity index (χ1) is 5.66. The van der Waals surface area contributed by atoms with Gasteiger partial charge in [-0.15, -0.1) is 0 Å². The molecule has 0 aliphatic heterocycles. The first-order valence-corrected chi connectivity index (χ1v) is 3.37. The number of carbonyl (C=O) groups is 1. The van der Waals surface area contributed by atoms with Crippen LogP contribution in [0.3, 0.4) is 0 Å². The van der Waals surface area contributed by atoms with Crippen LogP contribution < -0.4 is 5.73 Å². The number of benzene rings is 1.